The van der Waals surface area contributed by atoms with Crippen LogP contribution < -0.4 is 4.31 Å². The van der Waals surface area contributed by atoms with Crippen LogP contribution in [-0.2, 0) is 42.1 Å². The van der Waals surface area contributed by atoms with E-state index in [1.165, 1.54) is 6.07 Å². The van der Waals surface area contributed by atoms with E-state index in [1.54, 1.807) is 50.2 Å². The fraction of sp³-hybridized carbons (Fsp3) is 0.464. The Labute approximate surface area is 243 Å². The maximum atomic E-state index is 14.3. The molecule has 41 heavy (non-hydrogen) atoms. The highest BCUT2D eigenvalue weighted by Gasteiger charge is 2.33. The Balaban J connectivity index is 2.08. The summed E-state index contributed by atoms with van der Waals surface area (Å²) in [5.41, 5.74) is 3.39. The number of benzene rings is 2. The minimum absolute atomic E-state index is 0.0175. The van der Waals surface area contributed by atoms with Gasteiger partial charge in [-0.05, 0) is 55.5 Å². The lowest BCUT2D eigenvalue weighted by molar-refractivity contribution is 0.153. The van der Waals surface area contributed by atoms with Crippen LogP contribution >= 0.6 is 0 Å². The first-order valence-electron chi connectivity index (χ1n) is 13.3. The Morgan fingerprint density at radius 1 is 1.02 bits per heavy atom. The van der Waals surface area contributed by atoms with Crippen molar-refractivity contribution in [3.63, 3.8) is 0 Å². The van der Waals surface area contributed by atoms with Crippen molar-refractivity contribution in [2.75, 3.05) is 30.6 Å². The van der Waals surface area contributed by atoms with E-state index in [0.29, 0.717) is 46.5 Å². The van der Waals surface area contributed by atoms with Gasteiger partial charge < -0.3 is 9.26 Å². The first-order chi connectivity index (χ1) is 19.1. The van der Waals surface area contributed by atoms with Crippen LogP contribution in [-0.4, -0.2) is 56.3 Å². The normalized spacial score (nSPS) is 12.6. The molecule has 0 N–H and O–H groups in total. The number of anilines is 1. The summed E-state index contributed by atoms with van der Waals surface area (Å²) in [6.07, 6.45) is 1.49. The lowest BCUT2D eigenvalue weighted by atomic mass is 9.95. The highest BCUT2D eigenvalue weighted by molar-refractivity contribution is 7.93. The number of hydrogen-bond donors (Lipinski definition) is 0. The molecule has 0 aliphatic heterocycles. The van der Waals surface area contributed by atoms with Crippen LogP contribution in [0.25, 0.3) is 11.1 Å². The Bertz CT molecular complexity index is 1550. The number of aromatic nitrogens is 1. The van der Waals surface area contributed by atoms with E-state index in [9.17, 15) is 21.2 Å². The van der Waals surface area contributed by atoms with Crippen molar-refractivity contribution < 1.29 is 34.7 Å². The predicted octanol–water partition coefficient (Wildman–Crippen LogP) is 5.84. The lowest BCUT2D eigenvalue weighted by Gasteiger charge is -2.24. The van der Waals surface area contributed by atoms with Gasteiger partial charge in [0.1, 0.15) is 6.73 Å². The van der Waals surface area contributed by atoms with E-state index in [0.717, 1.165) is 16.6 Å². The van der Waals surface area contributed by atoms with E-state index < -0.39 is 34.9 Å². The number of nitrogens with zero attached hydrogens (tertiary/aromatic N) is 2. The molecule has 3 rings (SSSR count). The molecule has 0 saturated heterocycles. The molecule has 1 aromatic heterocycles. The van der Waals surface area contributed by atoms with Crippen molar-refractivity contribution in [1.82, 2.24) is 5.16 Å². The largest absolute Gasteiger partial charge is 0.360 e. The monoisotopic (exact) mass is 626 g/mol. The van der Waals surface area contributed by atoms with Crippen LogP contribution in [0.4, 0.5) is 10.3 Å². The molecule has 9 nitrogen and oxygen atoms in total. The van der Waals surface area contributed by atoms with Gasteiger partial charge in [0.15, 0.2) is 0 Å². The van der Waals surface area contributed by atoms with Crippen LogP contribution in [0.2, 0.25) is 25.7 Å². The summed E-state index contributed by atoms with van der Waals surface area (Å²) in [4.78, 5) is 0.0175. The Morgan fingerprint density at radius 3 is 2.34 bits per heavy atom. The third-order valence-corrected chi connectivity index (χ3v) is 10.5. The molecular formula is C28H39FN2O7S2Si. The molecule has 1 heterocycles. The molecule has 3 aromatic rings. The highest BCUT2D eigenvalue weighted by atomic mass is 32.2. The van der Waals surface area contributed by atoms with E-state index in [4.69, 9.17) is 13.4 Å². The van der Waals surface area contributed by atoms with Crippen molar-refractivity contribution in [2.45, 2.75) is 63.9 Å². The van der Waals surface area contributed by atoms with Gasteiger partial charge in [0, 0.05) is 25.8 Å². The molecule has 0 atom stereocenters. The minimum atomic E-state index is -4.23. The molecular weight excluding hydrogens is 588 g/mol. The average Bonchev–Trinajstić information content (AvgIpc) is 3.22. The number of sulfonamides is 1. The van der Waals surface area contributed by atoms with Crippen molar-refractivity contribution in [3.8, 4) is 11.1 Å². The van der Waals surface area contributed by atoms with Crippen molar-refractivity contribution in [3.05, 3.63) is 64.8 Å². The number of halogens is 1. The quantitative estimate of drug-likeness (QED) is 0.0894. The SMILES string of the molecule is Cc1noc(N(COCC[Si](C)(C)C)S(=O)(=O)c2ccccc2-c2ccc(COS(C)(=O)=O)cc2CCCF)c1C. The van der Waals surface area contributed by atoms with Crippen LogP contribution in [0.5, 0.6) is 0 Å². The van der Waals surface area contributed by atoms with Crippen molar-refractivity contribution in [2.24, 2.45) is 0 Å². The van der Waals surface area contributed by atoms with Gasteiger partial charge in [0.05, 0.1) is 30.1 Å². The minimum Gasteiger partial charge on any atom is -0.360 e. The predicted molar refractivity (Wildman–Crippen MR) is 160 cm³/mol. The second-order valence-corrected chi connectivity index (χ2v) is 20.2. The zero-order valence-electron chi connectivity index (χ0n) is 24.4. The molecule has 0 amide bonds. The zero-order chi connectivity index (χ0) is 30.4. The van der Waals surface area contributed by atoms with Gasteiger partial charge in [-0.25, -0.2) is 12.7 Å². The van der Waals surface area contributed by atoms with Gasteiger partial charge >= 0.3 is 0 Å². The summed E-state index contributed by atoms with van der Waals surface area (Å²) in [6.45, 7) is 9.51. The molecule has 0 aliphatic carbocycles. The first-order valence-corrected chi connectivity index (χ1v) is 20.3. The van der Waals surface area contributed by atoms with E-state index in [1.807, 2.05) is 0 Å². The molecule has 0 saturated carbocycles. The summed E-state index contributed by atoms with van der Waals surface area (Å²) >= 11 is 0. The number of rotatable bonds is 15. The number of ether oxygens (including phenoxy) is 1. The Hall–Kier alpha value is -2.58. The lowest BCUT2D eigenvalue weighted by Crippen LogP contribution is -2.34. The summed E-state index contributed by atoms with van der Waals surface area (Å²) in [6, 6.07) is 12.5. The molecule has 2 aromatic carbocycles. The average molecular weight is 627 g/mol. The second-order valence-electron chi connectivity index (χ2n) is 11.1. The van der Waals surface area contributed by atoms with Crippen LogP contribution in [0.15, 0.2) is 51.9 Å². The zero-order valence-corrected chi connectivity index (χ0v) is 27.1. The second kappa shape index (κ2) is 13.6. The maximum absolute atomic E-state index is 14.3. The van der Waals surface area contributed by atoms with Gasteiger partial charge in [-0.2, -0.15) is 8.42 Å². The molecule has 0 radical (unpaired) electrons. The Kier molecular flexibility index (Phi) is 10.9. The molecule has 0 bridgehead atoms. The number of alkyl halides is 1. The molecule has 226 valence electrons. The smallest absolute Gasteiger partial charge is 0.269 e. The summed E-state index contributed by atoms with van der Waals surface area (Å²) < 4.78 is 82.2. The standard InChI is InChI=1S/C28H39FN2O7S2Si/c1-21-22(2)30-38-28(21)31(20-36-16-17-41(4,5)6)40(34,35)27-12-8-7-11-26(27)25-14-13-23(19-37-39(3,32)33)18-24(25)10-9-15-29/h7-8,11-14,18H,9-10,15-17,19-20H2,1-6H3. The molecule has 13 heteroatoms. The van der Waals surface area contributed by atoms with Crippen LogP contribution in [0.3, 0.4) is 0 Å². The summed E-state index contributed by atoms with van der Waals surface area (Å²) in [5, 5.41) is 3.96. The van der Waals surface area contributed by atoms with Gasteiger partial charge in [-0.1, -0.05) is 61.2 Å². The summed E-state index contributed by atoms with van der Waals surface area (Å²) in [5.74, 6) is 0.0798. The van der Waals surface area contributed by atoms with Gasteiger partial charge in [0.25, 0.3) is 20.1 Å². The van der Waals surface area contributed by atoms with Gasteiger partial charge in [-0.3, -0.25) is 8.57 Å². The fourth-order valence-corrected chi connectivity index (χ4v) is 6.72. The topological polar surface area (TPSA) is 116 Å². The van der Waals surface area contributed by atoms with Crippen LogP contribution in [0, 0.1) is 13.8 Å². The first kappa shape index (κ1) is 32.9. The van der Waals surface area contributed by atoms with Gasteiger partial charge in [0.2, 0.25) is 5.88 Å². The fourth-order valence-electron chi connectivity index (χ4n) is 4.07. The third kappa shape index (κ3) is 8.95. The Morgan fingerprint density at radius 2 is 1.73 bits per heavy atom. The number of hydrogen-bond acceptors (Lipinski definition) is 8. The summed E-state index contributed by atoms with van der Waals surface area (Å²) in [7, 11) is -9.31. The molecule has 0 fully saturated rings. The van der Waals surface area contributed by atoms with Crippen LogP contribution in [0.1, 0.15) is 28.8 Å². The van der Waals surface area contributed by atoms with E-state index in [2.05, 4.69) is 24.8 Å². The van der Waals surface area contributed by atoms with E-state index in [-0.39, 0.29) is 30.5 Å². The third-order valence-electron chi connectivity index (χ3n) is 6.50. The molecule has 0 aliphatic rings. The maximum Gasteiger partial charge on any atom is 0.269 e. The van der Waals surface area contributed by atoms with E-state index >= 15 is 0 Å². The van der Waals surface area contributed by atoms with Gasteiger partial charge in [-0.15, -0.1) is 0 Å². The number of aryl methyl sites for hydroxylation is 2. The van der Waals surface area contributed by atoms with Crippen molar-refractivity contribution in [1.29, 1.82) is 0 Å². The van der Waals surface area contributed by atoms with Crippen molar-refractivity contribution >= 4 is 34.1 Å². The highest BCUT2D eigenvalue weighted by Crippen LogP contribution is 2.36. The molecule has 0 unspecified atom stereocenters. The molecule has 0 spiro atoms.